The van der Waals surface area contributed by atoms with E-state index in [2.05, 4.69) is 15.5 Å². The number of methoxy groups -OCH3 is 1. The molecule has 178 valence electrons. The van der Waals surface area contributed by atoms with Gasteiger partial charge >= 0.3 is 6.18 Å². The molecule has 1 atom stereocenters. The molecule has 2 aromatic carbocycles. The molecule has 0 radical (unpaired) electrons. The molecule has 4 N–H and O–H groups in total. The summed E-state index contributed by atoms with van der Waals surface area (Å²) in [6.45, 7) is -0.376. The lowest BCUT2D eigenvalue weighted by molar-refractivity contribution is -0.138. The number of nitrogens with one attached hydrogen (secondary N) is 2. The number of H-pyrrole nitrogens is 1. The van der Waals surface area contributed by atoms with E-state index in [0.29, 0.717) is 11.6 Å². The van der Waals surface area contributed by atoms with Crippen molar-refractivity contribution in [3.63, 3.8) is 0 Å². The molecule has 2 amide bonds. The zero-order valence-corrected chi connectivity index (χ0v) is 18.0. The maximum atomic E-state index is 13.6. The van der Waals surface area contributed by atoms with Crippen molar-refractivity contribution in [2.45, 2.75) is 31.5 Å². The second-order valence-electron chi connectivity index (χ2n) is 7.84. The normalized spacial score (nSPS) is 15.4. The Labute approximate surface area is 192 Å². The predicted octanol–water partition coefficient (Wildman–Crippen LogP) is 3.52. The smallest absolute Gasteiger partial charge is 0.416 e. The van der Waals surface area contributed by atoms with Crippen LogP contribution in [0.25, 0.3) is 0 Å². The van der Waals surface area contributed by atoms with Gasteiger partial charge < -0.3 is 20.5 Å². The van der Waals surface area contributed by atoms with Gasteiger partial charge in [-0.15, -0.1) is 0 Å². The maximum absolute atomic E-state index is 13.6. The number of fused-ring (bicyclic) bond motifs is 1. The summed E-state index contributed by atoms with van der Waals surface area (Å²) in [5, 5.41) is 9.44. The van der Waals surface area contributed by atoms with Crippen LogP contribution in [-0.4, -0.2) is 29.1 Å². The van der Waals surface area contributed by atoms with E-state index in [1.54, 1.807) is 24.4 Å². The van der Waals surface area contributed by atoms with Gasteiger partial charge in [0.1, 0.15) is 12.4 Å². The Bertz CT molecular complexity index is 1240. The lowest BCUT2D eigenvalue weighted by Crippen LogP contribution is -2.23. The van der Waals surface area contributed by atoms with E-state index >= 15 is 0 Å². The topological polar surface area (TPSA) is 119 Å². The summed E-state index contributed by atoms with van der Waals surface area (Å²) in [4.78, 5) is 23.1. The van der Waals surface area contributed by atoms with Crippen LogP contribution < -0.4 is 20.5 Å². The predicted molar refractivity (Wildman–Crippen MR) is 115 cm³/mol. The van der Waals surface area contributed by atoms with Crippen molar-refractivity contribution in [2.24, 2.45) is 5.73 Å². The van der Waals surface area contributed by atoms with Crippen LogP contribution in [0.2, 0.25) is 0 Å². The molecule has 3 aromatic rings. The molecule has 1 aliphatic rings. The van der Waals surface area contributed by atoms with Gasteiger partial charge in [0.2, 0.25) is 11.8 Å². The molecule has 11 heteroatoms. The van der Waals surface area contributed by atoms with E-state index in [-0.39, 0.29) is 48.2 Å². The van der Waals surface area contributed by atoms with Crippen LogP contribution in [0.3, 0.4) is 0 Å². The Morgan fingerprint density at radius 1 is 1.21 bits per heavy atom. The molecular formula is C23H21F3N4O4. The highest BCUT2D eigenvalue weighted by Gasteiger charge is 2.34. The Morgan fingerprint density at radius 3 is 2.71 bits per heavy atom. The van der Waals surface area contributed by atoms with Gasteiger partial charge in [-0.1, -0.05) is 18.2 Å². The number of aromatic amines is 1. The van der Waals surface area contributed by atoms with Gasteiger partial charge in [0.25, 0.3) is 0 Å². The number of nitrogens with two attached hydrogens (primary N) is 1. The summed E-state index contributed by atoms with van der Waals surface area (Å²) in [6, 6.07) is 8.60. The third-order valence-electron chi connectivity index (χ3n) is 5.53. The largest absolute Gasteiger partial charge is 0.493 e. The number of rotatable bonds is 7. The second-order valence-corrected chi connectivity index (χ2v) is 7.84. The summed E-state index contributed by atoms with van der Waals surface area (Å²) in [5.74, 6) is -0.0683. The third-order valence-corrected chi connectivity index (χ3v) is 5.53. The minimum atomic E-state index is -4.63. The van der Waals surface area contributed by atoms with Crippen molar-refractivity contribution >= 4 is 17.6 Å². The molecule has 8 nitrogen and oxygen atoms in total. The van der Waals surface area contributed by atoms with Gasteiger partial charge in [-0.2, -0.15) is 18.3 Å². The number of primary amides is 1. The first kappa shape index (κ1) is 23.1. The Morgan fingerprint density at radius 2 is 2.00 bits per heavy atom. The van der Waals surface area contributed by atoms with Crippen molar-refractivity contribution in [3.8, 4) is 11.5 Å². The van der Waals surface area contributed by atoms with E-state index in [4.69, 9.17) is 15.2 Å². The first-order valence-corrected chi connectivity index (χ1v) is 10.3. The molecule has 34 heavy (non-hydrogen) atoms. The van der Waals surface area contributed by atoms with Crippen LogP contribution in [0.5, 0.6) is 11.5 Å². The fraction of sp³-hybridized carbons (Fsp3) is 0.261. The third kappa shape index (κ3) is 4.82. The van der Waals surface area contributed by atoms with E-state index in [0.717, 1.165) is 17.2 Å². The molecule has 0 fully saturated rings. The number of amides is 2. The highest BCUT2D eigenvalue weighted by molar-refractivity contribution is 5.94. The lowest BCUT2D eigenvalue weighted by atomic mass is 9.87. The fourth-order valence-electron chi connectivity index (χ4n) is 3.94. The summed E-state index contributed by atoms with van der Waals surface area (Å²) >= 11 is 0. The highest BCUT2D eigenvalue weighted by atomic mass is 19.4. The Hall–Kier alpha value is -4.02. The number of hydrogen-bond acceptors (Lipinski definition) is 5. The van der Waals surface area contributed by atoms with Crippen molar-refractivity contribution in [1.82, 2.24) is 10.2 Å². The van der Waals surface area contributed by atoms with Gasteiger partial charge in [0.15, 0.2) is 11.5 Å². The molecule has 0 saturated heterocycles. The van der Waals surface area contributed by atoms with Crippen molar-refractivity contribution in [1.29, 1.82) is 0 Å². The van der Waals surface area contributed by atoms with Crippen LogP contribution in [0.4, 0.5) is 19.0 Å². The highest BCUT2D eigenvalue weighted by Crippen LogP contribution is 2.40. The maximum Gasteiger partial charge on any atom is 0.416 e. The number of carbonyl (C=O) groups is 2. The molecule has 1 unspecified atom stereocenters. The van der Waals surface area contributed by atoms with Gasteiger partial charge in [0.05, 0.1) is 25.3 Å². The number of halogens is 3. The Kier molecular flexibility index (Phi) is 6.18. The molecule has 2 heterocycles. The Balaban J connectivity index is 1.58. The van der Waals surface area contributed by atoms with Gasteiger partial charge in [0, 0.05) is 23.5 Å². The van der Waals surface area contributed by atoms with Crippen LogP contribution in [-0.2, 0) is 28.8 Å². The van der Waals surface area contributed by atoms with Crippen LogP contribution in [0.1, 0.15) is 40.2 Å². The number of carbonyl (C=O) groups excluding carboxylic acids is 2. The molecular weight excluding hydrogens is 453 g/mol. The minimum absolute atomic E-state index is 0.0983. The lowest BCUT2D eigenvalue weighted by Gasteiger charge is -2.23. The second kappa shape index (κ2) is 9.08. The number of nitrogens with zero attached hydrogens (tertiary/aromatic N) is 1. The van der Waals surface area contributed by atoms with Gasteiger partial charge in [-0.05, 0) is 29.3 Å². The molecule has 0 aliphatic carbocycles. The molecule has 1 aromatic heterocycles. The first-order valence-electron chi connectivity index (χ1n) is 10.3. The zero-order valence-electron chi connectivity index (χ0n) is 18.0. The minimum Gasteiger partial charge on any atom is -0.493 e. The van der Waals surface area contributed by atoms with Crippen molar-refractivity contribution in [3.05, 3.63) is 70.4 Å². The number of benzene rings is 2. The number of hydrogen-bond donors (Lipinski definition) is 3. The van der Waals surface area contributed by atoms with Crippen molar-refractivity contribution in [2.75, 3.05) is 12.4 Å². The van der Waals surface area contributed by atoms with Crippen LogP contribution in [0.15, 0.2) is 42.6 Å². The monoisotopic (exact) mass is 474 g/mol. The quantitative estimate of drug-likeness (QED) is 0.484. The van der Waals surface area contributed by atoms with E-state index < -0.39 is 17.6 Å². The first-order chi connectivity index (χ1) is 16.2. The van der Waals surface area contributed by atoms with E-state index in [1.165, 1.54) is 19.2 Å². The van der Waals surface area contributed by atoms with E-state index in [1.807, 2.05) is 0 Å². The summed E-state index contributed by atoms with van der Waals surface area (Å²) in [5.41, 5.74) is 5.86. The van der Waals surface area contributed by atoms with E-state index in [9.17, 15) is 22.8 Å². The summed E-state index contributed by atoms with van der Waals surface area (Å²) < 4.78 is 51.8. The fourth-order valence-corrected chi connectivity index (χ4v) is 3.94. The number of aromatic nitrogens is 2. The standard InChI is InChI=1S/C23H21F3N4O4/c1-33-19-8-13(15-9-21(32)29-22-16(15)10-28-30-22)4-5-18(19)34-11-14-3-2-12(7-20(27)31)6-17(14)23(24,25)26/h2-6,8,10,15H,7,9,11H2,1H3,(H2,27,31)(H2,28,29,30,32). The van der Waals surface area contributed by atoms with Crippen LogP contribution >= 0.6 is 0 Å². The van der Waals surface area contributed by atoms with Gasteiger partial charge in [-0.25, -0.2) is 0 Å². The summed E-state index contributed by atoms with van der Waals surface area (Å²) in [7, 11) is 1.42. The SMILES string of the molecule is COc1cc(C2CC(=O)Nc3[nH]ncc32)ccc1OCc1ccc(CC(N)=O)cc1C(F)(F)F. The number of anilines is 1. The molecule has 4 rings (SSSR count). The van der Waals surface area contributed by atoms with Crippen molar-refractivity contribution < 1.29 is 32.2 Å². The molecule has 0 spiro atoms. The van der Waals surface area contributed by atoms with Crippen LogP contribution in [0, 0.1) is 0 Å². The number of alkyl halides is 3. The molecule has 0 bridgehead atoms. The molecule has 0 saturated carbocycles. The van der Waals surface area contributed by atoms with Gasteiger partial charge in [-0.3, -0.25) is 14.7 Å². The average Bonchev–Trinajstić information content (AvgIpc) is 3.25. The summed E-state index contributed by atoms with van der Waals surface area (Å²) in [6.07, 6.45) is -3.08. The average molecular weight is 474 g/mol. The molecule has 1 aliphatic heterocycles. The number of ether oxygens (including phenoxy) is 2. The zero-order chi connectivity index (χ0) is 24.5.